The third kappa shape index (κ3) is 4.61. The summed E-state index contributed by atoms with van der Waals surface area (Å²) >= 11 is 5.87. The van der Waals surface area contributed by atoms with Gasteiger partial charge in [-0.05, 0) is 36.1 Å². The molecule has 2 aromatic rings. The van der Waals surface area contributed by atoms with E-state index in [4.69, 9.17) is 11.6 Å². The summed E-state index contributed by atoms with van der Waals surface area (Å²) < 4.78 is 0. The van der Waals surface area contributed by atoms with Gasteiger partial charge < -0.3 is 5.32 Å². The Morgan fingerprint density at radius 3 is 2.24 bits per heavy atom. The van der Waals surface area contributed by atoms with Gasteiger partial charge in [-0.2, -0.15) is 0 Å². The summed E-state index contributed by atoms with van der Waals surface area (Å²) in [4.78, 5) is 12.1. The first kappa shape index (κ1) is 15.6. The quantitative estimate of drug-likeness (QED) is 0.851. The van der Waals surface area contributed by atoms with E-state index in [0.29, 0.717) is 11.4 Å². The fourth-order valence-electron chi connectivity index (χ4n) is 2.31. The molecule has 0 aliphatic heterocycles. The molecule has 2 aromatic carbocycles. The highest BCUT2D eigenvalue weighted by Gasteiger charge is 2.14. The van der Waals surface area contributed by atoms with E-state index in [0.717, 1.165) is 5.56 Å². The molecule has 0 bridgehead atoms. The van der Waals surface area contributed by atoms with Crippen molar-refractivity contribution in [2.24, 2.45) is 0 Å². The number of rotatable bonds is 5. The molecule has 2 rings (SSSR count). The second-order valence-corrected chi connectivity index (χ2v) is 5.79. The largest absolute Gasteiger partial charge is 0.350 e. The topological polar surface area (TPSA) is 29.1 Å². The minimum absolute atomic E-state index is 0.0160. The van der Waals surface area contributed by atoms with E-state index < -0.39 is 0 Å². The highest BCUT2D eigenvalue weighted by molar-refractivity contribution is 6.30. The standard InChI is InChI=1S/C18H20ClNO/c1-13(15-6-4-3-5-7-15)12-18(21)20-14(2)16-8-10-17(19)11-9-16/h3-11,13-14H,12H2,1-2H3,(H,20,21)/t13-,14-/m0/s1. The van der Waals surface area contributed by atoms with Crippen LogP contribution in [0, 0.1) is 0 Å². The van der Waals surface area contributed by atoms with Crippen LogP contribution in [-0.4, -0.2) is 5.91 Å². The molecule has 0 heterocycles. The lowest BCUT2D eigenvalue weighted by Gasteiger charge is -2.17. The van der Waals surface area contributed by atoms with Crippen LogP contribution in [0.15, 0.2) is 54.6 Å². The smallest absolute Gasteiger partial charge is 0.221 e. The number of amides is 1. The number of carbonyl (C=O) groups excluding carboxylic acids is 1. The van der Waals surface area contributed by atoms with E-state index in [2.05, 4.69) is 24.4 Å². The van der Waals surface area contributed by atoms with E-state index in [1.165, 1.54) is 5.56 Å². The normalized spacial score (nSPS) is 13.5. The van der Waals surface area contributed by atoms with Crippen molar-refractivity contribution in [3.63, 3.8) is 0 Å². The Labute approximate surface area is 131 Å². The first-order valence-electron chi connectivity index (χ1n) is 7.16. The number of benzene rings is 2. The Morgan fingerprint density at radius 1 is 1.00 bits per heavy atom. The van der Waals surface area contributed by atoms with Crippen LogP contribution in [0.3, 0.4) is 0 Å². The maximum absolute atomic E-state index is 12.1. The third-order valence-corrected chi connectivity index (χ3v) is 3.86. The molecule has 0 aliphatic rings. The molecule has 21 heavy (non-hydrogen) atoms. The molecule has 0 aliphatic carbocycles. The minimum Gasteiger partial charge on any atom is -0.350 e. The van der Waals surface area contributed by atoms with Crippen LogP contribution in [-0.2, 0) is 4.79 Å². The first-order valence-corrected chi connectivity index (χ1v) is 7.54. The molecule has 1 amide bonds. The molecule has 0 fully saturated rings. The molecular formula is C18H20ClNO. The molecule has 0 saturated carbocycles. The predicted octanol–water partition coefficient (Wildman–Crippen LogP) is 4.71. The van der Waals surface area contributed by atoms with Crippen molar-refractivity contribution in [3.8, 4) is 0 Å². The van der Waals surface area contributed by atoms with Gasteiger partial charge in [-0.25, -0.2) is 0 Å². The summed E-state index contributed by atoms with van der Waals surface area (Å²) in [6.45, 7) is 4.05. The molecule has 0 radical (unpaired) electrons. The van der Waals surface area contributed by atoms with Crippen molar-refractivity contribution in [2.75, 3.05) is 0 Å². The van der Waals surface area contributed by atoms with E-state index in [1.807, 2.05) is 49.4 Å². The van der Waals surface area contributed by atoms with Gasteiger partial charge in [0.05, 0.1) is 6.04 Å². The van der Waals surface area contributed by atoms with Crippen molar-refractivity contribution in [2.45, 2.75) is 32.2 Å². The summed E-state index contributed by atoms with van der Waals surface area (Å²) in [5, 5.41) is 3.74. The van der Waals surface area contributed by atoms with Gasteiger partial charge in [-0.3, -0.25) is 4.79 Å². The molecular weight excluding hydrogens is 282 g/mol. The van der Waals surface area contributed by atoms with E-state index in [-0.39, 0.29) is 17.9 Å². The predicted molar refractivity (Wildman–Crippen MR) is 87.5 cm³/mol. The number of nitrogens with one attached hydrogen (secondary N) is 1. The molecule has 1 N–H and O–H groups in total. The van der Waals surface area contributed by atoms with Gasteiger partial charge in [0, 0.05) is 11.4 Å². The third-order valence-electron chi connectivity index (χ3n) is 3.61. The fourth-order valence-corrected chi connectivity index (χ4v) is 2.44. The van der Waals surface area contributed by atoms with Gasteiger partial charge in [0.2, 0.25) is 5.91 Å². The van der Waals surface area contributed by atoms with Crippen LogP contribution in [0.5, 0.6) is 0 Å². The second-order valence-electron chi connectivity index (χ2n) is 5.36. The van der Waals surface area contributed by atoms with Crippen molar-refractivity contribution < 1.29 is 4.79 Å². The Kier molecular flexibility index (Phi) is 5.40. The van der Waals surface area contributed by atoms with Gasteiger partial charge in [0.25, 0.3) is 0 Å². The zero-order valence-electron chi connectivity index (χ0n) is 12.3. The maximum Gasteiger partial charge on any atom is 0.221 e. The van der Waals surface area contributed by atoms with Crippen LogP contribution in [0.4, 0.5) is 0 Å². The number of hydrogen-bond donors (Lipinski definition) is 1. The van der Waals surface area contributed by atoms with Crippen molar-refractivity contribution >= 4 is 17.5 Å². The summed E-state index contributed by atoms with van der Waals surface area (Å²) in [6.07, 6.45) is 0.488. The number of halogens is 1. The van der Waals surface area contributed by atoms with Crippen molar-refractivity contribution in [1.82, 2.24) is 5.32 Å². The molecule has 110 valence electrons. The Hall–Kier alpha value is -1.80. The number of hydrogen-bond acceptors (Lipinski definition) is 1. The molecule has 2 nitrogen and oxygen atoms in total. The number of carbonyl (C=O) groups is 1. The van der Waals surface area contributed by atoms with Crippen LogP contribution in [0.1, 0.15) is 43.4 Å². The molecule has 0 spiro atoms. The van der Waals surface area contributed by atoms with Crippen LogP contribution >= 0.6 is 11.6 Å². The summed E-state index contributed by atoms with van der Waals surface area (Å²) in [5.41, 5.74) is 2.24. The molecule has 0 saturated heterocycles. The van der Waals surface area contributed by atoms with Crippen molar-refractivity contribution in [3.05, 3.63) is 70.7 Å². The lowest BCUT2D eigenvalue weighted by molar-refractivity contribution is -0.122. The average molecular weight is 302 g/mol. The zero-order chi connectivity index (χ0) is 15.2. The SMILES string of the molecule is C[C@H](NC(=O)C[C@H](C)c1ccccc1)c1ccc(Cl)cc1. The summed E-state index contributed by atoms with van der Waals surface area (Å²) in [7, 11) is 0. The van der Waals surface area contributed by atoms with Crippen LogP contribution in [0.25, 0.3) is 0 Å². The lowest BCUT2D eigenvalue weighted by atomic mass is 9.97. The summed E-state index contributed by atoms with van der Waals surface area (Å²) in [6, 6.07) is 17.6. The van der Waals surface area contributed by atoms with Gasteiger partial charge in [0.15, 0.2) is 0 Å². The Bertz CT molecular complexity index is 580. The van der Waals surface area contributed by atoms with Crippen LogP contribution < -0.4 is 5.32 Å². The Morgan fingerprint density at radius 2 is 1.62 bits per heavy atom. The Balaban J connectivity index is 1.91. The molecule has 0 aromatic heterocycles. The van der Waals surface area contributed by atoms with Gasteiger partial charge in [0.1, 0.15) is 0 Å². The van der Waals surface area contributed by atoms with Gasteiger partial charge in [-0.15, -0.1) is 0 Å². The molecule has 0 unspecified atom stereocenters. The highest BCUT2D eigenvalue weighted by atomic mass is 35.5. The van der Waals surface area contributed by atoms with E-state index in [1.54, 1.807) is 0 Å². The first-order chi connectivity index (χ1) is 10.1. The van der Waals surface area contributed by atoms with Gasteiger partial charge >= 0.3 is 0 Å². The zero-order valence-corrected chi connectivity index (χ0v) is 13.1. The minimum atomic E-state index is -0.0160. The molecule has 2 atom stereocenters. The monoisotopic (exact) mass is 301 g/mol. The molecule has 3 heteroatoms. The van der Waals surface area contributed by atoms with E-state index >= 15 is 0 Å². The van der Waals surface area contributed by atoms with Crippen molar-refractivity contribution in [1.29, 1.82) is 0 Å². The summed E-state index contributed by atoms with van der Waals surface area (Å²) in [5.74, 6) is 0.275. The van der Waals surface area contributed by atoms with Crippen LogP contribution in [0.2, 0.25) is 5.02 Å². The van der Waals surface area contributed by atoms with Gasteiger partial charge in [-0.1, -0.05) is 61.0 Å². The highest BCUT2D eigenvalue weighted by Crippen LogP contribution is 2.20. The average Bonchev–Trinajstić information content (AvgIpc) is 2.48. The fraction of sp³-hybridized carbons (Fsp3) is 0.278. The maximum atomic E-state index is 12.1. The van der Waals surface area contributed by atoms with E-state index in [9.17, 15) is 4.79 Å². The second kappa shape index (κ2) is 7.28. The lowest BCUT2D eigenvalue weighted by Crippen LogP contribution is -2.27.